The van der Waals surface area contributed by atoms with Crippen molar-refractivity contribution in [3.8, 4) is 17.3 Å². The zero-order chi connectivity index (χ0) is 25.2. The molecule has 3 heterocycles. The van der Waals surface area contributed by atoms with Gasteiger partial charge in [-0.15, -0.1) is 0 Å². The number of imidazole rings is 1. The maximum absolute atomic E-state index is 13.8. The number of rotatable bonds is 7. The number of halogens is 2. The number of hydrogen-bond donors (Lipinski definition) is 3. The van der Waals surface area contributed by atoms with E-state index in [9.17, 15) is 9.18 Å². The Morgan fingerprint density at radius 3 is 2.86 bits per heavy atom. The van der Waals surface area contributed by atoms with Gasteiger partial charge in [-0.1, -0.05) is 11.6 Å². The van der Waals surface area contributed by atoms with Crippen LogP contribution in [-0.2, 0) is 0 Å². The molecule has 2 aromatic carbocycles. The van der Waals surface area contributed by atoms with Gasteiger partial charge in [0.2, 0.25) is 12.7 Å². The third-order valence-corrected chi connectivity index (χ3v) is 5.68. The lowest BCUT2D eigenvalue weighted by molar-refractivity contribution is 0.0933. The number of hydrogen-bond acceptors (Lipinski definition) is 8. The molecule has 1 amide bonds. The van der Waals surface area contributed by atoms with Gasteiger partial charge in [0.05, 0.1) is 6.04 Å². The Labute approximate surface area is 210 Å². The van der Waals surface area contributed by atoms with Crippen LogP contribution in [0.4, 0.5) is 16.0 Å². The molecule has 0 aliphatic carbocycles. The Bertz CT molecular complexity index is 1420. The van der Waals surface area contributed by atoms with Crippen molar-refractivity contribution in [3.05, 3.63) is 82.8 Å². The Kier molecular flexibility index (Phi) is 6.40. The first-order chi connectivity index (χ1) is 17.4. The molecule has 12 heteroatoms. The number of amides is 1. The van der Waals surface area contributed by atoms with Crippen LogP contribution in [-0.4, -0.2) is 38.8 Å². The highest BCUT2D eigenvalue weighted by Crippen LogP contribution is 2.34. The lowest BCUT2D eigenvalue weighted by Gasteiger charge is -2.17. The number of nitrogens with zero attached hydrogens (tertiary/aromatic N) is 4. The van der Waals surface area contributed by atoms with Crippen LogP contribution >= 0.6 is 11.6 Å². The summed E-state index contributed by atoms with van der Waals surface area (Å²) in [6.07, 6.45) is 4.68. The van der Waals surface area contributed by atoms with Crippen LogP contribution in [0.3, 0.4) is 0 Å². The van der Waals surface area contributed by atoms with Crippen LogP contribution < -0.4 is 25.8 Å². The van der Waals surface area contributed by atoms with Gasteiger partial charge >= 0.3 is 0 Å². The molecule has 1 aliphatic rings. The predicted octanol–water partition coefficient (Wildman–Crippen LogP) is 3.67. The summed E-state index contributed by atoms with van der Waals surface area (Å²) in [5.74, 6) is 1.20. The van der Waals surface area contributed by atoms with Crippen molar-refractivity contribution in [2.45, 2.75) is 13.0 Å². The second kappa shape index (κ2) is 9.80. The molecule has 4 N–H and O–H groups in total. The van der Waals surface area contributed by atoms with E-state index in [4.69, 9.17) is 26.8 Å². The number of carbonyl (C=O) groups excluding carboxylic acids is 1. The summed E-state index contributed by atoms with van der Waals surface area (Å²) in [7, 11) is 0. The van der Waals surface area contributed by atoms with Crippen molar-refractivity contribution in [1.29, 1.82) is 0 Å². The van der Waals surface area contributed by atoms with E-state index in [1.165, 1.54) is 18.5 Å². The largest absolute Gasteiger partial charge is 0.454 e. The SMILES string of the molecule is Cc1cnc(Nc2ccc3c(c2)OCO3)nc1-n1cnc(C(=O)NC(CN)c2cc(F)cc(Cl)c2)c1. The Morgan fingerprint density at radius 1 is 1.22 bits per heavy atom. The Morgan fingerprint density at radius 2 is 2.06 bits per heavy atom. The number of benzene rings is 2. The molecule has 10 nitrogen and oxygen atoms in total. The molecule has 0 saturated heterocycles. The average molecular weight is 510 g/mol. The standard InChI is InChI=1S/C24H21ClFN7O3/c1-13-9-28-24(30-17-2-3-20-21(7-17)36-12-35-20)32-22(13)33-10-19(29-11-33)23(34)31-18(8-27)14-4-15(25)6-16(26)5-14/h2-7,9-11,18H,8,12,27H2,1H3,(H,31,34)(H,28,30,32). The van der Waals surface area contributed by atoms with E-state index >= 15 is 0 Å². The first-order valence-electron chi connectivity index (χ1n) is 10.9. The Hall–Kier alpha value is -4.22. The molecule has 1 aliphatic heterocycles. The lowest BCUT2D eigenvalue weighted by Crippen LogP contribution is -2.33. The summed E-state index contributed by atoms with van der Waals surface area (Å²) in [4.78, 5) is 26.0. The fourth-order valence-electron chi connectivity index (χ4n) is 3.70. The minimum Gasteiger partial charge on any atom is -0.454 e. The lowest BCUT2D eigenvalue weighted by atomic mass is 10.1. The molecule has 184 valence electrons. The zero-order valence-corrected chi connectivity index (χ0v) is 19.8. The molecule has 2 aromatic heterocycles. The van der Waals surface area contributed by atoms with E-state index in [-0.39, 0.29) is 24.1 Å². The van der Waals surface area contributed by atoms with E-state index in [1.54, 1.807) is 35.2 Å². The van der Waals surface area contributed by atoms with Gasteiger partial charge in [-0.05, 0) is 42.8 Å². The van der Waals surface area contributed by atoms with Gasteiger partial charge in [-0.3, -0.25) is 9.36 Å². The fourth-order valence-corrected chi connectivity index (χ4v) is 3.93. The quantitative estimate of drug-likeness (QED) is 0.344. The number of aromatic nitrogens is 4. The number of fused-ring (bicyclic) bond motifs is 1. The van der Waals surface area contributed by atoms with Gasteiger partial charge in [0.1, 0.15) is 23.7 Å². The first kappa shape index (κ1) is 23.5. The summed E-state index contributed by atoms with van der Waals surface area (Å²) in [5.41, 5.74) is 7.91. The predicted molar refractivity (Wildman–Crippen MR) is 130 cm³/mol. The van der Waals surface area contributed by atoms with Crippen LogP contribution in [0, 0.1) is 12.7 Å². The van der Waals surface area contributed by atoms with Gasteiger partial charge in [0, 0.05) is 41.3 Å². The molecule has 0 bridgehead atoms. The topological polar surface area (TPSA) is 129 Å². The molecular weight excluding hydrogens is 489 g/mol. The van der Waals surface area contributed by atoms with Crippen molar-refractivity contribution in [1.82, 2.24) is 24.8 Å². The monoisotopic (exact) mass is 509 g/mol. The molecule has 1 atom stereocenters. The second-order valence-electron chi connectivity index (χ2n) is 8.02. The van der Waals surface area contributed by atoms with E-state index in [2.05, 4.69) is 25.6 Å². The van der Waals surface area contributed by atoms with Gasteiger partial charge in [-0.2, -0.15) is 4.98 Å². The molecule has 5 rings (SSSR count). The first-order valence-corrected chi connectivity index (χ1v) is 11.3. The highest BCUT2D eigenvalue weighted by molar-refractivity contribution is 6.30. The zero-order valence-electron chi connectivity index (χ0n) is 19.0. The van der Waals surface area contributed by atoms with Crippen LogP contribution in [0.5, 0.6) is 11.5 Å². The number of aryl methyl sites for hydroxylation is 1. The normalized spacial score (nSPS) is 12.9. The summed E-state index contributed by atoms with van der Waals surface area (Å²) in [6, 6.07) is 8.80. The Balaban J connectivity index is 1.33. The van der Waals surface area contributed by atoms with Gasteiger partial charge in [0.15, 0.2) is 11.5 Å². The number of ether oxygens (including phenoxy) is 2. The maximum atomic E-state index is 13.8. The van der Waals surface area contributed by atoms with Crippen LogP contribution in [0.25, 0.3) is 5.82 Å². The molecule has 0 fully saturated rings. The number of nitrogens with two attached hydrogens (primary N) is 1. The van der Waals surface area contributed by atoms with E-state index < -0.39 is 17.8 Å². The third kappa shape index (κ3) is 4.92. The van der Waals surface area contributed by atoms with Crippen molar-refractivity contribution in [3.63, 3.8) is 0 Å². The van der Waals surface area contributed by atoms with E-state index in [0.29, 0.717) is 28.8 Å². The minimum atomic E-state index is -0.644. The summed E-state index contributed by atoms with van der Waals surface area (Å²) < 4.78 is 26.1. The molecule has 0 radical (unpaired) electrons. The second-order valence-corrected chi connectivity index (χ2v) is 8.46. The number of anilines is 2. The summed E-state index contributed by atoms with van der Waals surface area (Å²) in [5, 5.41) is 6.12. The van der Waals surface area contributed by atoms with Gasteiger partial charge in [-0.25, -0.2) is 14.4 Å². The van der Waals surface area contributed by atoms with E-state index in [0.717, 1.165) is 11.3 Å². The molecule has 4 aromatic rings. The third-order valence-electron chi connectivity index (χ3n) is 5.46. The van der Waals surface area contributed by atoms with Crippen LogP contribution in [0.2, 0.25) is 5.02 Å². The smallest absolute Gasteiger partial charge is 0.272 e. The maximum Gasteiger partial charge on any atom is 0.272 e. The van der Waals surface area contributed by atoms with Crippen molar-refractivity contribution in [2.24, 2.45) is 5.73 Å². The fraction of sp³-hybridized carbons (Fsp3) is 0.167. The number of nitrogens with one attached hydrogen (secondary N) is 2. The van der Waals surface area contributed by atoms with Crippen molar-refractivity contribution < 1.29 is 18.7 Å². The average Bonchev–Trinajstić information content (AvgIpc) is 3.52. The summed E-state index contributed by atoms with van der Waals surface area (Å²) in [6.45, 7) is 2.08. The highest BCUT2D eigenvalue weighted by atomic mass is 35.5. The van der Waals surface area contributed by atoms with Crippen LogP contribution in [0.15, 0.2) is 55.1 Å². The van der Waals surface area contributed by atoms with E-state index in [1.807, 2.05) is 13.0 Å². The minimum absolute atomic E-state index is 0.0478. The molecule has 1 unspecified atom stereocenters. The van der Waals surface area contributed by atoms with Gasteiger partial charge < -0.3 is 25.8 Å². The molecule has 36 heavy (non-hydrogen) atoms. The molecule has 0 saturated carbocycles. The summed E-state index contributed by atoms with van der Waals surface area (Å²) >= 11 is 5.94. The number of carbonyl (C=O) groups is 1. The highest BCUT2D eigenvalue weighted by Gasteiger charge is 2.19. The van der Waals surface area contributed by atoms with Crippen molar-refractivity contribution in [2.75, 3.05) is 18.7 Å². The van der Waals surface area contributed by atoms with Crippen LogP contribution in [0.1, 0.15) is 27.7 Å². The molecule has 0 spiro atoms. The van der Waals surface area contributed by atoms with Gasteiger partial charge in [0.25, 0.3) is 5.91 Å². The van der Waals surface area contributed by atoms with Crippen molar-refractivity contribution >= 4 is 29.1 Å². The molecular formula is C24H21ClFN7O3.